The molecule has 1 saturated heterocycles. The van der Waals surface area contributed by atoms with Crippen LogP contribution in [0.4, 0.5) is 16.2 Å². The first-order valence-electron chi connectivity index (χ1n) is 14.1. The minimum absolute atomic E-state index is 0.0348. The zero-order valence-electron chi connectivity index (χ0n) is 23.9. The molecule has 11 nitrogen and oxygen atoms in total. The van der Waals surface area contributed by atoms with E-state index >= 15 is 0 Å². The third kappa shape index (κ3) is 5.93. The summed E-state index contributed by atoms with van der Waals surface area (Å²) in [5, 5.41) is 0. The van der Waals surface area contributed by atoms with Gasteiger partial charge in [-0.2, -0.15) is 0 Å². The summed E-state index contributed by atoms with van der Waals surface area (Å²) in [6.07, 6.45) is 2.81. The maximum Gasteiger partial charge on any atom is 0.416 e. The Balaban J connectivity index is 1.61. The van der Waals surface area contributed by atoms with Crippen molar-refractivity contribution in [1.29, 1.82) is 0 Å². The molecule has 0 aliphatic carbocycles. The van der Waals surface area contributed by atoms with Gasteiger partial charge in [0.2, 0.25) is 0 Å². The third-order valence-corrected chi connectivity index (χ3v) is 7.55. The number of hydrogen-bond donors (Lipinski definition) is 0. The number of carbonyl (C=O) groups excluding carboxylic acids is 3. The van der Waals surface area contributed by atoms with E-state index in [4.69, 9.17) is 28.4 Å². The normalized spacial score (nSPS) is 21.0. The molecule has 3 aliphatic rings. The minimum Gasteiger partial charge on any atom is -0.493 e. The van der Waals surface area contributed by atoms with Gasteiger partial charge in [0.1, 0.15) is 6.61 Å². The Hall–Kier alpha value is -4.09. The van der Waals surface area contributed by atoms with Gasteiger partial charge in [0.05, 0.1) is 38.1 Å². The second kappa shape index (κ2) is 13.3. The highest BCUT2D eigenvalue weighted by molar-refractivity contribution is 6.14. The van der Waals surface area contributed by atoms with Crippen molar-refractivity contribution in [3.05, 3.63) is 60.2 Å². The number of nitrogens with zero attached hydrogens (tertiary/aromatic N) is 2. The summed E-state index contributed by atoms with van der Waals surface area (Å²) < 4.78 is 34.3. The lowest BCUT2D eigenvalue weighted by molar-refractivity contribution is -0.190. The van der Waals surface area contributed by atoms with Crippen LogP contribution in [0.3, 0.4) is 0 Å². The predicted molar refractivity (Wildman–Crippen MR) is 153 cm³/mol. The first kappa shape index (κ1) is 29.4. The van der Waals surface area contributed by atoms with Gasteiger partial charge in [0, 0.05) is 24.8 Å². The molecule has 0 spiro atoms. The Morgan fingerprint density at radius 3 is 2.69 bits per heavy atom. The lowest BCUT2D eigenvalue weighted by atomic mass is 10.1. The molecule has 0 N–H and O–H groups in total. The van der Waals surface area contributed by atoms with Crippen molar-refractivity contribution in [2.75, 3.05) is 43.8 Å². The van der Waals surface area contributed by atoms with Crippen molar-refractivity contribution >= 4 is 29.3 Å². The number of methoxy groups -OCH3 is 2. The number of benzene rings is 2. The Labute approximate surface area is 244 Å². The maximum absolute atomic E-state index is 14.3. The molecule has 11 heteroatoms. The maximum atomic E-state index is 14.3. The molecule has 3 aliphatic heterocycles. The van der Waals surface area contributed by atoms with Gasteiger partial charge in [-0.05, 0) is 49.8 Å². The van der Waals surface area contributed by atoms with Crippen LogP contribution in [-0.2, 0) is 30.2 Å². The van der Waals surface area contributed by atoms with E-state index in [0.717, 1.165) is 24.1 Å². The number of hydrogen-bond acceptors (Lipinski definition) is 9. The van der Waals surface area contributed by atoms with Gasteiger partial charge < -0.3 is 33.3 Å². The molecule has 3 atom stereocenters. The molecule has 0 saturated carbocycles. The molecular weight excluding hydrogens is 544 g/mol. The quantitative estimate of drug-likeness (QED) is 0.226. The topological polar surface area (TPSA) is 113 Å². The van der Waals surface area contributed by atoms with Crippen LogP contribution < -0.4 is 19.3 Å². The lowest BCUT2D eigenvalue weighted by Gasteiger charge is -2.38. The van der Waals surface area contributed by atoms with E-state index in [2.05, 4.69) is 6.58 Å². The van der Waals surface area contributed by atoms with Crippen molar-refractivity contribution in [3.63, 3.8) is 0 Å². The molecule has 0 aromatic heterocycles. The van der Waals surface area contributed by atoms with Gasteiger partial charge in [-0.3, -0.25) is 9.59 Å². The number of para-hydroxylation sites is 1. The van der Waals surface area contributed by atoms with Gasteiger partial charge in [-0.25, -0.2) is 9.69 Å². The van der Waals surface area contributed by atoms with Crippen molar-refractivity contribution in [2.24, 2.45) is 0 Å². The largest absolute Gasteiger partial charge is 0.493 e. The SMILES string of the molecule is C=CCOC(=O)N1c2cc(OCCCC(=O)OC)c(OC)cc2C(=O)N2c3ccccc3C[C@H]2C1OC1CCCCO1. The number of fused-ring (bicyclic) bond motifs is 4. The number of amides is 2. The molecule has 3 heterocycles. The van der Waals surface area contributed by atoms with E-state index in [1.807, 2.05) is 24.3 Å². The van der Waals surface area contributed by atoms with Crippen LogP contribution in [0.25, 0.3) is 0 Å². The van der Waals surface area contributed by atoms with Crippen molar-refractivity contribution in [1.82, 2.24) is 0 Å². The highest BCUT2D eigenvalue weighted by Gasteiger charge is 2.49. The summed E-state index contributed by atoms with van der Waals surface area (Å²) in [7, 11) is 2.80. The van der Waals surface area contributed by atoms with Crippen molar-refractivity contribution in [2.45, 2.75) is 57.1 Å². The van der Waals surface area contributed by atoms with Gasteiger partial charge in [-0.1, -0.05) is 30.9 Å². The molecule has 2 amide bonds. The lowest BCUT2D eigenvalue weighted by Crippen LogP contribution is -2.55. The van der Waals surface area contributed by atoms with Crippen LogP contribution >= 0.6 is 0 Å². The van der Waals surface area contributed by atoms with Gasteiger partial charge in [-0.15, -0.1) is 0 Å². The molecule has 0 radical (unpaired) electrons. The molecule has 2 aromatic carbocycles. The summed E-state index contributed by atoms with van der Waals surface area (Å²) in [6.45, 7) is 4.35. The highest BCUT2D eigenvalue weighted by atomic mass is 16.7. The zero-order valence-corrected chi connectivity index (χ0v) is 23.9. The Morgan fingerprint density at radius 1 is 1.12 bits per heavy atom. The summed E-state index contributed by atoms with van der Waals surface area (Å²) in [5.41, 5.74) is 2.20. The van der Waals surface area contributed by atoms with E-state index in [-0.39, 0.29) is 42.8 Å². The zero-order chi connectivity index (χ0) is 29.6. The fraction of sp³-hybridized carbons (Fsp3) is 0.452. The van der Waals surface area contributed by atoms with Crippen LogP contribution in [-0.4, -0.2) is 70.6 Å². The van der Waals surface area contributed by atoms with Crippen LogP contribution in [0.15, 0.2) is 49.1 Å². The number of ether oxygens (including phenoxy) is 6. The summed E-state index contributed by atoms with van der Waals surface area (Å²) >= 11 is 0. The van der Waals surface area contributed by atoms with Crippen molar-refractivity contribution in [3.8, 4) is 11.5 Å². The standard InChI is InChI=1S/C31H36N2O9/c1-4-14-41-31(36)33-23-19-26(39-16-9-12-27(34)38-3)25(37-2)18-21(23)29(35)32-22-11-6-5-10-20(22)17-24(32)30(33)42-28-13-7-8-15-40-28/h4-6,10-11,18-19,24,28,30H,1,7-9,12-17H2,2-3H3/t24-,28?,30?/m0/s1. The minimum atomic E-state index is -0.941. The third-order valence-electron chi connectivity index (χ3n) is 7.55. The number of carbonyl (C=O) groups is 3. The van der Waals surface area contributed by atoms with E-state index in [9.17, 15) is 14.4 Å². The average Bonchev–Trinajstić information content (AvgIpc) is 3.37. The molecule has 0 bridgehead atoms. The van der Waals surface area contributed by atoms with E-state index < -0.39 is 24.7 Å². The smallest absolute Gasteiger partial charge is 0.416 e. The van der Waals surface area contributed by atoms with Gasteiger partial charge >= 0.3 is 12.1 Å². The number of anilines is 2. The summed E-state index contributed by atoms with van der Waals surface area (Å²) in [6, 6.07) is 10.3. The second-order valence-corrected chi connectivity index (χ2v) is 10.2. The van der Waals surface area contributed by atoms with E-state index in [1.165, 1.54) is 25.2 Å². The van der Waals surface area contributed by atoms with Crippen LogP contribution in [0.2, 0.25) is 0 Å². The van der Waals surface area contributed by atoms with E-state index in [0.29, 0.717) is 37.4 Å². The molecule has 2 aromatic rings. The molecule has 2 unspecified atom stereocenters. The molecular formula is C31H36N2O9. The Morgan fingerprint density at radius 2 is 1.95 bits per heavy atom. The van der Waals surface area contributed by atoms with Gasteiger partial charge in [0.15, 0.2) is 24.0 Å². The number of esters is 1. The second-order valence-electron chi connectivity index (χ2n) is 10.2. The fourth-order valence-corrected chi connectivity index (χ4v) is 5.56. The fourth-order valence-electron chi connectivity index (χ4n) is 5.56. The van der Waals surface area contributed by atoms with Crippen LogP contribution in [0.1, 0.15) is 48.0 Å². The molecule has 224 valence electrons. The molecule has 1 fully saturated rings. The first-order valence-corrected chi connectivity index (χ1v) is 14.1. The summed E-state index contributed by atoms with van der Waals surface area (Å²) in [5.74, 6) is -0.0585. The highest BCUT2D eigenvalue weighted by Crippen LogP contribution is 2.45. The van der Waals surface area contributed by atoms with Crippen LogP contribution in [0.5, 0.6) is 11.5 Å². The number of rotatable bonds is 10. The monoisotopic (exact) mass is 580 g/mol. The first-order chi connectivity index (χ1) is 20.5. The Kier molecular flexibility index (Phi) is 9.28. The van der Waals surface area contributed by atoms with E-state index in [1.54, 1.807) is 17.0 Å². The summed E-state index contributed by atoms with van der Waals surface area (Å²) in [4.78, 5) is 42.8. The molecule has 5 rings (SSSR count). The predicted octanol–water partition coefficient (Wildman–Crippen LogP) is 4.61. The molecule has 42 heavy (non-hydrogen) atoms. The van der Waals surface area contributed by atoms with Gasteiger partial charge in [0.25, 0.3) is 5.91 Å². The van der Waals surface area contributed by atoms with Crippen molar-refractivity contribution < 1.29 is 42.8 Å². The average molecular weight is 581 g/mol. The van der Waals surface area contributed by atoms with Crippen LogP contribution in [0, 0.1) is 0 Å². The Bertz CT molecular complexity index is 1320.